The molecule has 40 heavy (non-hydrogen) atoms. The van der Waals surface area contributed by atoms with Gasteiger partial charge in [-0.3, -0.25) is 9.59 Å². The highest BCUT2D eigenvalue weighted by Crippen LogP contribution is 2.61. The number of ether oxygens (including phenoxy) is 2. The number of carbonyl (C=O) groups excluding carboxylic acids is 2. The van der Waals surface area contributed by atoms with Gasteiger partial charge in [0.2, 0.25) is 0 Å². The van der Waals surface area contributed by atoms with E-state index in [1.807, 2.05) is 18.2 Å². The van der Waals surface area contributed by atoms with Gasteiger partial charge in [-0.25, -0.2) is 0 Å². The smallest absolute Gasteiger partial charge is 0.302 e. The summed E-state index contributed by atoms with van der Waals surface area (Å²) in [6.07, 6.45) is 6.89. The Hall–Kier alpha value is -3.80. The van der Waals surface area contributed by atoms with Gasteiger partial charge in [-0.1, -0.05) is 43.3 Å². The van der Waals surface area contributed by atoms with Crippen molar-refractivity contribution in [2.75, 3.05) is 7.11 Å². The second-order valence-electron chi connectivity index (χ2n) is 11.6. The van der Waals surface area contributed by atoms with Crippen LogP contribution < -0.4 is 4.74 Å². The van der Waals surface area contributed by atoms with Gasteiger partial charge in [-0.15, -0.1) is 0 Å². The molecule has 0 aromatic heterocycles. The summed E-state index contributed by atoms with van der Waals surface area (Å²) >= 11 is 0. The van der Waals surface area contributed by atoms with E-state index in [0.29, 0.717) is 34.8 Å². The molecule has 3 aromatic carbocycles. The van der Waals surface area contributed by atoms with Crippen molar-refractivity contribution in [3.63, 3.8) is 0 Å². The first-order chi connectivity index (χ1) is 19.2. The maximum atomic E-state index is 12.1. The van der Waals surface area contributed by atoms with Crippen molar-refractivity contribution in [2.45, 2.75) is 64.4 Å². The number of hydrogen-bond donors (Lipinski definition) is 2. The van der Waals surface area contributed by atoms with E-state index in [-0.39, 0.29) is 34.6 Å². The fraction of sp³-hybridized carbons (Fsp3) is 0.412. The van der Waals surface area contributed by atoms with Crippen LogP contribution in [0.25, 0.3) is 0 Å². The van der Waals surface area contributed by atoms with E-state index in [0.717, 1.165) is 19.3 Å². The summed E-state index contributed by atoms with van der Waals surface area (Å²) in [4.78, 5) is 23.5. The van der Waals surface area contributed by atoms with Crippen molar-refractivity contribution in [1.82, 2.24) is 0 Å². The minimum atomic E-state index is -0.203. The summed E-state index contributed by atoms with van der Waals surface area (Å²) in [6, 6.07) is 19.4. The molecule has 0 amide bonds. The van der Waals surface area contributed by atoms with Gasteiger partial charge >= 0.3 is 5.97 Å². The molecule has 6 heteroatoms. The largest absolute Gasteiger partial charge is 0.508 e. The molecule has 2 saturated carbocycles. The zero-order valence-corrected chi connectivity index (χ0v) is 23.4. The van der Waals surface area contributed by atoms with Crippen LogP contribution >= 0.6 is 0 Å². The highest BCUT2D eigenvalue weighted by atomic mass is 16.5. The van der Waals surface area contributed by atoms with E-state index in [1.54, 1.807) is 36.4 Å². The monoisotopic (exact) mass is 542 g/mol. The van der Waals surface area contributed by atoms with Crippen LogP contribution in [-0.2, 0) is 16.0 Å². The van der Waals surface area contributed by atoms with Crippen LogP contribution in [0.3, 0.4) is 0 Å². The SMILES string of the molecule is CC(=O)OC1CCC2C3CCc4cc(O)ccc4C3CCC12C.COc1ccc(C(=O)c2ccccc2)c(O)c1. The minimum Gasteiger partial charge on any atom is -0.508 e. The Bertz CT molecular complexity index is 1380. The number of aromatic hydroxyl groups is 2. The third-order valence-electron chi connectivity index (χ3n) is 9.42. The lowest BCUT2D eigenvalue weighted by atomic mass is 9.55. The Labute approximate surface area is 236 Å². The van der Waals surface area contributed by atoms with Gasteiger partial charge in [0.15, 0.2) is 5.78 Å². The normalized spacial score (nSPS) is 26.3. The molecule has 5 unspecified atom stereocenters. The predicted octanol–water partition coefficient (Wildman–Crippen LogP) is 6.81. The Kier molecular flexibility index (Phi) is 7.88. The third-order valence-corrected chi connectivity index (χ3v) is 9.42. The first-order valence-corrected chi connectivity index (χ1v) is 14.2. The molecule has 2 N–H and O–H groups in total. The summed E-state index contributed by atoms with van der Waals surface area (Å²) in [7, 11) is 1.51. The molecule has 3 aliphatic rings. The van der Waals surface area contributed by atoms with E-state index >= 15 is 0 Å². The van der Waals surface area contributed by atoms with Crippen LogP contribution in [-0.4, -0.2) is 35.2 Å². The second kappa shape index (κ2) is 11.4. The minimum absolute atomic E-state index is 0.0711. The van der Waals surface area contributed by atoms with Crippen LogP contribution in [0.15, 0.2) is 66.7 Å². The number of ketones is 1. The number of methoxy groups -OCH3 is 1. The zero-order valence-electron chi connectivity index (χ0n) is 23.4. The third kappa shape index (κ3) is 5.32. The lowest BCUT2D eigenvalue weighted by Crippen LogP contribution is -2.45. The first kappa shape index (κ1) is 27.8. The van der Waals surface area contributed by atoms with E-state index in [4.69, 9.17) is 9.47 Å². The quantitative estimate of drug-likeness (QED) is 0.278. The van der Waals surface area contributed by atoms with Crippen LogP contribution in [0, 0.1) is 17.3 Å². The fourth-order valence-corrected chi connectivity index (χ4v) is 7.49. The average Bonchev–Trinajstić information content (AvgIpc) is 3.28. The number of esters is 1. The van der Waals surface area contributed by atoms with Gasteiger partial charge in [0.1, 0.15) is 23.4 Å². The molecule has 6 rings (SSSR count). The maximum absolute atomic E-state index is 12.1. The average molecular weight is 543 g/mol. The van der Waals surface area contributed by atoms with Gasteiger partial charge in [0.25, 0.3) is 0 Å². The molecular formula is C34H38O6. The van der Waals surface area contributed by atoms with E-state index in [1.165, 1.54) is 50.5 Å². The number of phenols is 2. The highest BCUT2D eigenvalue weighted by Gasteiger charge is 2.56. The molecule has 0 heterocycles. The van der Waals surface area contributed by atoms with Crippen molar-refractivity contribution in [2.24, 2.45) is 17.3 Å². The first-order valence-electron chi connectivity index (χ1n) is 14.2. The van der Waals surface area contributed by atoms with E-state index < -0.39 is 0 Å². The van der Waals surface area contributed by atoms with Gasteiger partial charge < -0.3 is 19.7 Å². The molecule has 0 saturated heterocycles. The Morgan fingerprint density at radius 3 is 2.40 bits per heavy atom. The second-order valence-corrected chi connectivity index (χ2v) is 11.6. The standard InChI is InChI=1S/C20H26O3.C14H12O3/c1-12(21)23-19-8-7-18-17-5-3-13-11-14(22)4-6-15(13)16(17)9-10-20(18,19)2;1-17-11-7-8-12(13(15)9-11)14(16)10-5-3-2-4-6-10/h4,6,11,16-19,22H,3,5,7-10H2,1-2H3;2-9,15H,1H3. The Morgan fingerprint density at radius 2 is 1.70 bits per heavy atom. The summed E-state index contributed by atoms with van der Waals surface area (Å²) in [5.74, 6) is 2.48. The molecule has 0 spiro atoms. The topological polar surface area (TPSA) is 93.1 Å². The number of rotatable bonds is 4. The molecule has 0 bridgehead atoms. The van der Waals surface area contributed by atoms with Crippen molar-refractivity contribution in [1.29, 1.82) is 0 Å². The zero-order chi connectivity index (χ0) is 28.4. The number of fused-ring (bicyclic) bond motifs is 5. The molecular weight excluding hydrogens is 504 g/mol. The maximum Gasteiger partial charge on any atom is 0.302 e. The summed E-state index contributed by atoms with van der Waals surface area (Å²) in [5.41, 5.74) is 3.77. The molecule has 2 fully saturated rings. The summed E-state index contributed by atoms with van der Waals surface area (Å²) in [5, 5.41) is 19.5. The van der Waals surface area contributed by atoms with E-state index in [9.17, 15) is 19.8 Å². The van der Waals surface area contributed by atoms with Gasteiger partial charge in [-0.2, -0.15) is 0 Å². The van der Waals surface area contributed by atoms with Crippen LogP contribution in [0.5, 0.6) is 17.2 Å². The Balaban J connectivity index is 0.000000170. The van der Waals surface area contributed by atoms with Crippen LogP contribution in [0.4, 0.5) is 0 Å². The van der Waals surface area contributed by atoms with Gasteiger partial charge in [-0.05, 0) is 91.7 Å². The van der Waals surface area contributed by atoms with Gasteiger partial charge in [0.05, 0.1) is 12.7 Å². The predicted molar refractivity (Wildman–Crippen MR) is 153 cm³/mol. The van der Waals surface area contributed by atoms with Gasteiger partial charge in [0, 0.05) is 24.0 Å². The number of aryl methyl sites for hydroxylation is 1. The fourth-order valence-electron chi connectivity index (χ4n) is 7.49. The van der Waals surface area contributed by atoms with Crippen LogP contribution in [0.1, 0.15) is 78.9 Å². The van der Waals surface area contributed by atoms with Crippen molar-refractivity contribution in [3.8, 4) is 17.2 Å². The van der Waals surface area contributed by atoms with E-state index in [2.05, 4.69) is 13.0 Å². The van der Waals surface area contributed by atoms with Crippen LogP contribution in [0.2, 0.25) is 0 Å². The molecule has 6 nitrogen and oxygen atoms in total. The molecule has 210 valence electrons. The lowest BCUT2D eigenvalue weighted by Gasteiger charge is -2.50. The number of carbonyl (C=O) groups is 2. The molecule has 0 aliphatic heterocycles. The Morgan fingerprint density at radius 1 is 0.925 bits per heavy atom. The number of benzene rings is 3. The van der Waals surface area contributed by atoms with Crippen molar-refractivity contribution in [3.05, 3.63) is 89.0 Å². The summed E-state index contributed by atoms with van der Waals surface area (Å²) < 4.78 is 10.6. The molecule has 3 aromatic rings. The number of phenolic OH excluding ortho intramolecular Hbond substituents is 2. The molecule has 5 atom stereocenters. The van der Waals surface area contributed by atoms with Crippen molar-refractivity contribution >= 4 is 11.8 Å². The highest BCUT2D eigenvalue weighted by molar-refractivity contribution is 6.10. The molecule has 0 radical (unpaired) electrons. The lowest BCUT2D eigenvalue weighted by molar-refractivity contribution is -0.154. The number of hydrogen-bond acceptors (Lipinski definition) is 6. The summed E-state index contributed by atoms with van der Waals surface area (Å²) in [6.45, 7) is 3.88. The molecule has 3 aliphatic carbocycles. The van der Waals surface area contributed by atoms with Crippen molar-refractivity contribution < 1.29 is 29.3 Å².